The topological polar surface area (TPSA) is 41.6 Å². The van der Waals surface area contributed by atoms with Crippen molar-refractivity contribution in [2.24, 2.45) is 0 Å². The minimum absolute atomic E-state index is 0.0262. The van der Waals surface area contributed by atoms with Crippen molar-refractivity contribution in [1.82, 2.24) is 10.2 Å². The number of carbonyl (C=O) groups is 1. The predicted octanol–water partition coefficient (Wildman–Crippen LogP) is 4.71. The van der Waals surface area contributed by atoms with Crippen LogP contribution < -0.4 is 10.1 Å². The van der Waals surface area contributed by atoms with E-state index in [9.17, 15) is 9.18 Å². The van der Waals surface area contributed by atoms with Crippen molar-refractivity contribution < 1.29 is 13.9 Å². The van der Waals surface area contributed by atoms with Crippen molar-refractivity contribution in [3.63, 3.8) is 0 Å². The number of methoxy groups -OCH3 is 1. The van der Waals surface area contributed by atoms with Crippen LogP contribution in [0.15, 0.2) is 36.4 Å². The Morgan fingerprint density at radius 1 is 1.19 bits per heavy atom. The van der Waals surface area contributed by atoms with E-state index in [4.69, 9.17) is 27.9 Å². The monoisotopic (exact) mass is 410 g/mol. The molecule has 3 rings (SSSR count). The molecule has 4 nitrogen and oxygen atoms in total. The molecule has 0 aliphatic carbocycles. The number of carbonyl (C=O) groups excluding carboxylic acids is 1. The summed E-state index contributed by atoms with van der Waals surface area (Å²) < 4.78 is 18.9. The molecule has 1 heterocycles. The maximum Gasteiger partial charge on any atom is 0.252 e. The normalized spacial score (nSPS) is 15.6. The summed E-state index contributed by atoms with van der Waals surface area (Å²) in [4.78, 5) is 14.9. The Hall–Kier alpha value is -1.82. The molecule has 0 spiro atoms. The van der Waals surface area contributed by atoms with Gasteiger partial charge in [0.1, 0.15) is 11.6 Å². The summed E-state index contributed by atoms with van der Waals surface area (Å²) in [6.45, 7) is 2.34. The maximum absolute atomic E-state index is 13.7. The number of amides is 1. The van der Waals surface area contributed by atoms with Gasteiger partial charge in [0, 0.05) is 6.54 Å². The van der Waals surface area contributed by atoms with E-state index in [1.807, 2.05) is 24.3 Å². The summed E-state index contributed by atoms with van der Waals surface area (Å²) in [6.07, 6.45) is 2.27. The number of hydrogen-bond acceptors (Lipinski definition) is 3. The van der Waals surface area contributed by atoms with Crippen molar-refractivity contribution in [2.75, 3.05) is 26.7 Å². The van der Waals surface area contributed by atoms with Crippen LogP contribution in [0.1, 0.15) is 34.8 Å². The highest BCUT2D eigenvalue weighted by Gasteiger charge is 2.25. The summed E-state index contributed by atoms with van der Waals surface area (Å²) in [5, 5.41) is 2.90. The minimum atomic E-state index is -0.669. The molecular formula is C20H21Cl2FN2O2. The predicted molar refractivity (Wildman–Crippen MR) is 105 cm³/mol. The van der Waals surface area contributed by atoms with E-state index in [1.165, 1.54) is 6.07 Å². The lowest BCUT2D eigenvalue weighted by Gasteiger charge is -2.28. The van der Waals surface area contributed by atoms with Crippen LogP contribution in [-0.2, 0) is 0 Å². The van der Waals surface area contributed by atoms with E-state index < -0.39 is 11.7 Å². The summed E-state index contributed by atoms with van der Waals surface area (Å²) in [7, 11) is 1.63. The summed E-state index contributed by atoms with van der Waals surface area (Å²) in [5.74, 6) is -0.308. The van der Waals surface area contributed by atoms with E-state index in [0.717, 1.165) is 43.3 Å². The lowest BCUT2D eigenvalue weighted by Crippen LogP contribution is -2.37. The van der Waals surface area contributed by atoms with Crippen LogP contribution in [-0.4, -0.2) is 37.6 Å². The molecule has 1 amide bonds. The molecule has 1 aliphatic rings. The van der Waals surface area contributed by atoms with E-state index in [0.29, 0.717) is 6.54 Å². The Kier molecular flexibility index (Phi) is 6.58. The second-order valence-corrected chi connectivity index (χ2v) is 7.30. The first-order valence-electron chi connectivity index (χ1n) is 8.80. The molecule has 2 aromatic rings. The number of benzene rings is 2. The Morgan fingerprint density at radius 3 is 2.48 bits per heavy atom. The molecule has 0 saturated carbocycles. The first kappa shape index (κ1) is 19.9. The molecule has 0 unspecified atom stereocenters. The molecule has 1 N–H and O–H groups in total. The molecule has 144 valence electrons. The van der Waals surface area contributed by atoms with Crippen LogP contribution in [0.5, 0.6) is 5.75 Å². The van der Waals surface area contributed by atoms with E-state index >= 15 is 0 Å². The van der Waals surface area contributed by atoms with Gasteiger partial charge in [-0.15, -0.1) is 0 Å². The third kappa shape index (κ3) is 4.72. The van der Waals surface area contributed by atoms with Crippen molar-refractivity contribution in [3.05, 3.63) is 63.4 Å². The number of halogens is 3. The van der Waals surface area contributed by atoms with Crippen LogP contribution in [0.4, 0.5) is 4.39 Å². The lowest BCUT2D eigenvalue weighted by molar-refractivity contribution is 0.0937. The number of likely N-dealkylation sites (tertiary alicyclic amines) is 1. The molecule has 1 fully saturated rings. The van der Waals surface area contributed by atoms with Crippen molar-refractivity contribution in [3.8, 4) is 5.75 Å². The number of nitrogens with zero attached hydrogens (tertiary/aromatic N) is 1. The fraction of sp³-hybridized carbons (Fsp3) is 0.350. The molecule has 27 heavy (non-hydrogen) atoms. The maximum atomic E-state index is 13.7. The van der Waals surface area contributed by atoms with Crippen LogP contribution in [0.25, 0.3) is 0 Å². The van der Waals surface area contributed by atoms with E-state index in [1.54, 1.807) is 7.11 Å². The van der Waals surface area contributed by atoms with Gasteiger partial charge in [0.15, 0.2) is 0 Å². The van der Waals surface area contributed by atoms with Gasteiger partial charge in [0.2, 0.25) is 0 Å². The molecular weight excluding hydrogens is 390 g/mol. The Balaban J connectivity index is 1.76. The quantitative estimate of drug-likeness (QED) is 0.701. The van der Waals surface area contributed by atoms with Gasteiger partial charge in [-0.3, -0.25) is 9.69 Å². The average Bonchev–Trinajstić information content (AvgIpc) is 3.19. The zero-order chi connectivity index (χ0) is 19.4. The van der Waals surface area contributed by atoms with Crippen LogP contribution >= 0.6 is 23.2 Å². The van der Waals surface area contributed by atoms with Gasteiger partial charge < -0.3 is 10.1 Å². The first-order chi connectivity index (χ1) is 13.0. The van der Waals surface area contributed by atoms with Gasteiger partial charge in [-0.05, 0) is 55.8 Å². The van der Waals surface area contributed by atoms with Crippen LogP contribution in [0.3, 0.4) is 0 Å². The van der Waals surface area contributed by atoms with Crippen LogP contribution in [0.2, 0.25) is 10.0 Å². The van der Waals surface area contributed by atoms with E-state index in [-0.39, 0.29) is 21.7 Å². The number of nitrogens with one attached hydrogen (secondary N) is 1. The Morgan fingerprint density at radius 2 is 1.85 bits per heavy atom. The number of hydrogen-bond donors (Lipinski definition) is 1. The second kappa shape index (κ2) is 8.91. The average molecular weight is 411 g/mol. The third-order valence-electron chi connectivity index (χ3n) is 4.79. The third-order valence-corrected chi connectivity index (χ3v) is 5.39. The van der Waals surface area contributed by atoms with E-state index in [2.05, 4.69) is 10.2 Å². The van der Waals surface area contributed by atoms with Crippen molar-refractivity contribution >= 4 is 29.1 Å². The largest absolute Gasteiger partial charge is 0.497 e. The Bertz CT molecular complexity index is 808. The standard InChI is InChI=1S/C20H21Cl2FN2O2/c1-27-14-6-4-13(5-7-14)19(25-8-2-3-9-25)12-24-20(26)15-10-18(23)17(22)11-16(15)21/h4-7,10-11,19H,2-3,8-9,12H2,1H3,(H,24,26)/t19-/m1/s1. The fourth-order valence-electron chi connectivity index (χ4n) is 3.32. The molecule has 0 radical (unpaired) electrons. The number of ether oxygens (including phenoxy) is 1. The van der Waals surface area contributed by atoms with Crippen molar-refractivity contribution in [1.29, 1.82) is 0 Å². The lowest BCUT2D eigenvalue weighted by atomic mass is 10.0. The SMILES string of the molecule is COc1ccc([C@@H](CNC(=O)c2cc(F)c(Cl)cc2Cl)N2CCCC2)cc1. The van der Waals surface area contributed by atoms with Gasteiger partial charge in [-0.2, -0.15) is 0 Å². The summed E-state index contributed by atoms with van der Waals surface area (Å²) in [5.41, 5.74) is 1.17. The van der Waals surface area contributed by atoms with Gasteiger partial charge in [0.05, 0.1) is 28.8 Å². The molecule has 1 saturated heterocycles. The molecule has 2 aromatic carbocycles. The molecule has 0 bridgehead atoms. The highest BCUT2D eigenvalue weighted by molar-refractivity contribution is 6.36. The van der Waals surface area contributed by atoms with Crippen molar-refractivity contribution in [2.45, 2.75) is 18.9 Å². The second-order valence-electron chi connectivity index (χ2n) is 6.49. The smallest absolute Gasteiger partial charge is 0.252 e. The summed E-state index contributed by atoms with van der Waals surface area (Å²) >= 11 is 11.8. The first-order valence-corrected chi connectivity index (χ1v) is 9.56. The highest BCUT2D eigenvalue weighted by Crippen LogP contribution is 2.27. The molecule has 1 atom stereocenters. The fourth-order valence-corrected chi connectivity index (χ4v) is 3.79. The molecule has 7 heteroatoms. The molecule has 1 aliphatic heterocycles. The Labute approximate surface area is 168 Å². The zero-order valence-electron chi connectivity index (χ0n) is 15.0. The van der Waals surface area contributed by atoms with Gasteiger partial charge in [-0.25, -0.2) is 4.39 Å². The van der Waals surface area contributed by atoms with Gasteiger partial charge in [0.25, 0.3) is 5.91 Å². The summed E-state index contributed by atoms with van der Waals surface area (Å²) in [6, 6.07) is 10.2. The van der Waals surface area contributed by atoms with Gasteiger partial charge >= 0.3 is 0 Å². The zero-order valence-corrected chi connectivity index (χ0v) is 16.5. The minimum Gasteiger partial charge on any atom is -0.497 e. The molecule has 0 aromatic heterocycles. The van der Waals surface area contributed by atoms with Crippen LogP contribution in [0, 0.1) is 5.82 Å². The number of rotatable bonds is 6. The van der Waals surface area contributed by atoms with Gasteiger partial charge in [-0.1, -0.05) is 35.3 Å². The highest BCUT2D eigenvalue weighted by atomic mass is 35.5.